The van der Waals surface area contributed by atoms with Gasteiger partial charge in [0.05, 0.1) is 0 Å². The molecule has 2 fully saturated rings. The van der Waals surface area contributed by atoms with Crippen molar-refractivity contribution in [1.82, 2.24) is 9.80 Å². The van der Waals surface area contributed by atoms with Gasteiger partial charge in [-0.2, -0.15) is 0 Å². The van der Waals surface area contributed by atoms with Gasteiger partial charge >= 0.3 is 6.09 Å². The van der Waals surface area contributed by atoms with E-state index in [0.717, 1.165) is 56.6 Å². The van der Waals surface area contributed by atoms with Crippen LogP contribution in [0.1, 0.15) is 76.3 Å². The van der Waals surface area contributed by atoms with Crippen molar-refractivity contribution in [2.45, 2.75) is 77.2 Å². The minimum atomic E-state index is -0.468. The van der Waals surface area contributed by atoms with E-state index in [9.17, 15) is 9.59 Å². The molecule has 0 radical (unpaired) electrons. The van der Waals surface area contributed by atoms with Gasteiger partial charge in [0.1, 0.15) is 5.60 Å². The molecule has 30 heavy (non-hydrogen) atoms. The van der Waals surface area contributed by atoms with Crippen LogP contribution in [0.3, 0.4) is 0 Å². The summed E-state index contributed by atoms with van der Waals surface area (Å²) in [6.07, 6.45) is 6.18. The van der Waals surface area contributed by atoms with E-state index < -0.39 is 5.60 Å². The number of carbonyl (C=O) groups excluding carboxylic acids is 2. The van der Waals surface area contributed by atoms with Gasteiger partial charge in [-0.05, 0) is 88.5 Å². The second-order valence-corrected chi connectivity index (χ2v) is 9.96. The molecule has 166 valence electrons. The number of likely N-dealkylation sites (tertiary alicyclic amines) is 2. The highest BCUT2D eigenvalue weighted by molar-refractivity contribution is 6.30. The van der Waals surface area contributed by atoms with Crippen molar-refractivity contribution in [3.05, 3.63) is 34.3 Å². The molecule has 2 heterocycles. The summed E-state index contributed by atoms with van der Waals surface area (Å²) in [7, 11) is 0. The normalized spacial score (nSPS) is 18.0. The molecule has 0 unspecified atom stereocenters. The van der Waals surface area contributed by atoms with Crippen molar-refractivity contribution in [1.29, 1.82) is 0 Å². The van der Waals surface area contributed by atoms with Gasteiger partial charge in [0, 0.05) is 37.6 Å². The molecule has 1 aromatic rings. The van der Waals surface area contributed by atoms with E-state index in [4.69, 9.17) is 16.3 Å². The summed E-state index contributed by atoms with van der Waals surface area (Å²) in [6, 6.07) is 6.14. The Hall–Kier alpha value is -1.75. The van der Waals surface area contributed by atoms with Crippen molar-refractivity contribution in [3.8, 4) is 0 Å². The standard InChI is InChI=1S/C24H35ClN2O3/c1-24(2,3)30-23(29)27-15-11-18(12-16-27)21-10-9-20(25)17-19(21)7-6-8-22(28)26-13-4-5-14-26/h9-10,17-18H,4-8,11-16H2,1-3H3. The summed E-state index contributed by atoms with van der Waals surface area (Å²) >= 11 is 6.28. The van der Waals surface area contributed by atoms with Crippen LogP contribution < -0.4 is 0 Å². The van der Waals surface area contributed by atoms with Gasteiger partial charge in [0.2, 0.25) is 5.91 Å². The number of rotatable bonds is 5. The Morgan fingerprint density at radius 1 is 1.07 bits per heavy atom. The fraction of sp³-hybridized carbons (Fsp3) is 0.667. The molecule has 2 aliphatic rings. The summed E-state index contributed by atoms with van der Waals surface area (Å²) in [5, 5.41) is 0.741. The molecule has 0 aliphatic carbocycles. The van der Waals surface area contributed by atoms with Gasteiger partial charge in [-0.15, -0.1) is 0 Å². The Kier molecular flexibility index (Phi) is 7.67. The second-order valence-electron chi connectivity index (χ2n) is 9.53. The first-order chi connectivity index (χ1) is 14.2. The molecule has 3 rings (SSSR count). The first-order valence-corrected chi connectivity index (χ1v) is 11.6. The third-order valence-electron chi connectivity index (χ3n) is 5.99. The maximum Gasteiger partial charge on any atom is 0.410 e. The molecule has 0 saturated carbocycles. The Balaban J connectivity index is 1.56. The number of benzene rings is 1. The van der Waals surface area contributed by atoms with Crippen LogP contribution in [0, 0.1) is 0 Å². The summed E-state index contributed by atoms with van der Waals surface area (Å²) in [5.41, 5.74) is 2.09. The predicted octanol–water partition coefficient (Wildman–Crippen LogP) is 5.40. The van der Waals surface area contributed by atoms with E-state index in [1.54, 1.807) is 0 Å². The van der Waals surface area contributed by atoms with Gasteiger partial charge in [-0.3, -0.25) is 4.79 Å². The number of ether oxygens (including phenoxy) is 1. The number of carbonyl (C=O) groups is 2. The number of hydrogen-bond acceptors (Lipinski definition) is 3. The number of halogens is 1. The zero-order chi connectivity index (χ0) is 21.7. The summed E-state index contributed by atoms with van der Waals surface area (Å²) in [4.78, 5) is 28.5. The Labute approximate surface area is 185 Å². The fourth-order valence-electron chi connectivity index (χ4n) is 4.44. The molecular formula is C24H35ClN2O3. The topological polar surface area (TPSA) is 49.9 Å². The molecule has 1 aromatic carbocycles. The van der Waals surface area contributed by atoms with Crippen molar-refractivity contribution in [3.63, 3.8) is 0 Å². The minimum Gasteiger partial charge on any atom is -0.444 e. The van der Waals surface area contributed by atoms with Crippen LogP contribution in [0.4, 0.5) is 4.79 Å². The third-order valence-corrected chi connectivity index (χ3v) is 6.22. The van der Waals surface area contributed by atoms with E-state index in [2.05, 4.69) is 12.1 Å². The number of hydrogen-bond donors (Lipinski definition) is 0. The highest BCUT2D eigenvalue weighted by Gasteiger charge is 2.28. The van der Waals surface area contributed by atoms with Crippen molar-refractivity contribution < 1.29 is 14.3 Å². The smallest absolute Gasteiger partial charge is 0.410 e. The molecule has 0 atom stereocenters. The maximum absolute atomic E-state index is 12.3. The Bertz CT molecular complexity index is 745. The van der Waals surface area contributed by atoms with Crippen molar-refractivity contribution in [2.24, 2.45) is 0 Å². The van der Waals surface area contributed by atoms with Gasteiger partial charge in [-0.1, -0.05) is 17.7 Å². The van der Waals surface area contributed by atoms with Gasteiger partial charge in [0.25, 0.3) is 0 Å². The largest absolute Gasteiger partial charge is 0.444 e. The lowest BCUT2D eigenvalue weighted by atomic mass is 9.85. The van der Waals surface area contributed by atoms with E-state index in [-0.39, 0.29) is 12.0 Å². The lowest BCUT2D eigenvalue weighted by Crippen LogP contribution is -2.41. The predicted molar refractivity (Wildman–Crippen MR) is 120 cm³/mol. The zero-order valence-corrected chi connectivity index (χ0v) is 19.3. The van der Waals surface area contributed by atoms with Crippen LogP contribution in [0.25, 0.3) is 0 Å². The molecule has 0 spiro atoms. The summed E-state index contributed by atoms with van der Waals surface area (Å²) in [6.45, 7) is 8.92. The van der Waals surface area contributed by atoms with E-state index in [1.807, 2.05) is 36.6 Å². The first kappa shape index (κ1) is 22.9. The Morgan fingerprint density at radius 2 is 1.73 bits per heavy atom. The van der Waals surface area contributed by atoms with Crippen molar-refractivity contribution >= 4 is 23.6 Å². The van der Waals surface area contributed by atoms with E-state index >= 15 is 0 Å². The summed E-state index contributed by atoms with van der Waals surface area (Å²) in [5.74, 6) is 0.687. The molecule has 0 bridgehead atoms. The van der Waals surface area contributed by atoms with Gasteiger partial charge in [-0.25, -0.2) is 4.79 Å². The highest BCUT2D eigenvalue weighted by Crippen LogP contribution is 2.33. The molecule has 0 aromatic heterocycles. The molecule has 2 aliphatic heterocycles. The monoisotopic (exact) mass is 434 g/mol. The van der Waals surface area contributed by atoms with Crippen LogP contribution in [-0.4, -0.2) is 53.6 Å². The molecule has 6 heteroatoms. The van der Waals surface area contributed by atoms with Crippen molar-refractivity contribution in [2.75, 3.05) is 26.2 Å². The molecule has 2 saturated heterocycles. The van der Waals surface area contributed by atoms with Crippen LogP contribution in [-0.2, 0) is 16.0 Å². The van der Waals surface area contributed by atoms with E-state index in [1.165, 1.54) is 11.1 Å². The minimum absolute atomic E-state index is 0.224. The van der Waals surface area contributed by atoms with Gasteiger partial charge < -0.3 is 14.5 Å². The first-order valence-electron chi connectivity index (χ1n) is 11.3. The highest BCUT2D eigenvalue weighted by atomic mass is 35.5. The zero-order valence-electron chi connectivity index (χ0n) is 18.6. The fourth-order valence-corrected chi connectivity index (χ4v) is 4.64. The van der Waals surface area contributed by atoms with E-state index in [0.29, 0.717) is 25.4 Å². The lowest BCUT2D eigenvalue weighted by Gasteiger charge is -2.34. The molecule has 0 N–H and O–H groups in total. The molecule has 5 nitrogen and oxygen atoms in total. The van der Waals surface area contributed by atoms with Crippen LogP contribution in [0.2, 0.25) is 5.02 Å². The summed E-state index contributed by atoms with van der Waals surface area (Å²) < 4.78 is 5.51. The van der Waals surface area contributed by atoms with Gasteiger partial charge in [0.15, 0.2) is 0 Å². The number of amides is 2. The third kappa shape index (κ3) is 6.37. The van der Waals surface area contributed by atoms with Crippen LogP contribution in [0.5, 0.6) is 0 Å². The van der Waals surface area contributed by atoms with Crippen LogP contribution >= 0.6 is 11.6 Å². The number of piperidine rings is 1. The Morgan fingerprint density at radius 3 is 2.37 bits per heavy atom. The SMILES string of the molecule is CC(C)(C)OC(=O)N1CCC(c2ccc(Cl)cc2CCCC(=O)N2CCCC2)CC1. The average molecular weight is 435 g/mol. The molecular weight excluding hydrogens is 400 g/mol. The number of nitrogens with zero attached hydrogens (tertiary/aromatic N) is 2. The maximum atomic E-state index is 12.3. The quantitative estimate of drug-likeness (QED) is 0.623. The molecule has 2 amide bonds. The average Bonchev–Trinajstić information content (AvgIpc) is 3.22. The number of aryl methyl sites for hydroxylation is 1. The lowest BCUT2D eigenvalue weighted by molar-refractivity contribution is -0.130. The second kappa shape index (κ2) is 10.0. The van der Waals surface area contributed by atoms with Crippen LogP contribution in [0.15, 0.2) is 18.2 Å².